The van der Waals surface area contributed by atoms with Crippen molar-refractivity contribution in [1.29, 1.82) is 0 Å². The number of allylic oxidation sites excluding steroid dienone is 16. The molecule has 0 aromatic heterocycles. The number of hydrogen-bond donors (Lipinski definition) is 0. The minimum atomic E-state index is 0. The fraction of sp³-hybridized carbons (Fsp3) is 0.600. The molecule has 0 saturated heterocycles. The molecule has 0 amide bonds. The Morgan fingerprint density at radius 2 is 0.543 bits per heavy atom. The molecule has 0 bridgehead atoms. The Balaban J connectivity index is -0.000000234. The average Bonchev–Trinajstić information content (AvgIpc) is 3.64. The Morgan fingerprint density at radius 1 is 0.413 bits per heavy atom. The van der Waals surface area contributed by atoms with Gasteiger partial charge in [-0.3, -0.25) is 24.3 Å². The third kappa shape index (κ3) is 30.7. The molecule has 0 heterocycles. The summed E-state index contributed by atoms with van der Waals surface area (Å²) < 4.78 is 0. The molecule has 0 nitrogen and oxygen atoms in total. The van der Waals surface area contributed by atoms with E-state index in [2.05, 4.69) is 182 Å². The van der Waals surface area contributed by atoms with E-state index >= 15 is 0 Å². The molecule has 4 rings (SSSR count). The van der Waals surface area contributed by atoms with Gasteiger partial charge in [0.1, 0.15) is 0 Å². The Kier molecular flexibility index (Phi) is 30.8. The molecule has 0 unspecified atom stereocenters. The van der Waals surface area contributed by atoms with E-state index in [-0.39, 0.29) is 35.8 Å². The molecule has 0 N–H and O–H groups in total. The Morgan fingerprint density at radius 3 is 0.587 bits per heavy atom. The molecule has 0 radical (unpaired) electrons. The van der Waals surface area contributed by atoms with Crippen molar-refractivity contribution in [3.05, 3.63) is 95.2 Å². The van der Waals surface area contributed by atoms with Gasteiger partial charge in [-0.15, -0.1) is 50.5 Å². The van der Waals surface area contributed by atoms with Crippen molar-refractivity contribution in [2.75, 3.05) is 0 Å². The van der Waals surface area contributed by atoms with Crippen LogP contribution in [0, 0.1) is 46.0 Å². The second-order valence-corrected chi connectivity index (χ2v) is 41.3. The van der Waals surface area contributed by atoms with Crippen LogP contribution in [0.5, 0.6) is 0 Å². The predicted octanol–water partition coefficient (Wildman–Crippen LogP) is 13.3. The first-order chi connectivity index (χ1) is 19.9. The van der Waals surface area contributed by atoms with Crippen LogP contribution in [0.4, 0.5) is 0 Å². The normalized spacial score (nSPS) is 15.6. The van der Waals surface area contributed by atoms with Crippen LogP contribution in [0.2, 0.25) is 26.2 Å². The molecule has 6 heteroatoms. The van der Waals surface area contributed by atoms with Crippen molar-refractivity contribution in [2.45, 2.75) is 135 Å². The monoisotopic (exact) mass is 1030 g/mol. The molecule has 0 atom stereocenters. The van der Waals surface area contributed by atoms with E-state index in [0.29, 0.717) is 21.7 Å². The molecule has 0 aliphatic heterocycles. The zero-order chi connectivity index (χ0) is 34.8. The molecule has 0 fully saturated rings. The van der Waals surface area contributed by atoms with E-state index in [1.807, 2.05) is 0 Å². The minimum Gasteiger partial charge on any atom is -0.147 e. The summed E-state index contributed by atoms with van der Waals surface area (Å²) in [7, 11) is 0. The van der Waals surface area contributed by atoms with Crippen molar-refractivity contribution < 1.29 is 46.0 Å². The summed E-state index contributed by atoms with van der Waals surface area (Å²) in [6.45, 7) is 35.9. The first-order valence-electron chi connectivity index (χ1n) is 16.0. The summed E-state index contributed by atoms with van der Waals surface area (Å²) >= 11 is 2.90. The van der Waals surface area contributed by atoms with Gasteiger partial charge in [0.2, 0.25) is 0 Å². The maximum atomic E-state index is 3.30. The first-order valence-corrected chi connectivity index (χ1v) is 31.8. The van der Waals surface area contributed by atoms with Gasteiger partial charge >= 0.3 is 83.2 Å². The fourth-order valence-electron chi connectivity index (χ4n) is 3.68. The third-order valence-corrected chi connectivity index (χ3v) is 6.01. The molecule has 4 aliphatic rings. The number of halogens is 2. The minimum absolute atomic E-state index is 0. The Labute approximate surface area is 330 Å². The van der Waals surface area contributed by atoms with E-state index in [4.69, 9.17) is 0 Å². The average molecular weight is 1030 g/mol. The first kappa shape index (κ1) is 53.5. The molecule has 0 aromatic rings. The van der Waals surface area contributed by atoms with Crippen molar-refractivity contribution in [2.24, 2.45) is 21.7 Å². The van der Waals surface area contributed by atoms with Crippen molar-refractivity contribution >= 4 is 35.8 Å². The van der Waals surface area contributed by atoms with Gasteiger partial charge in [0.15, 0.2) is 0 Å². The summed E-state index contributed by atoms with van der Waals surface area (Å²) in [5.74, 6) is 0. The molecule has 46 heavy (non-hydrogen) atoms. The van der Waals surface area contributed by atoms with Crippen LogP contribution >= 0.6 is 24.8 Å². The maximum absolute atomic E-state index is 3.30. The molecule has 0 spiro atoms. The fourth-order valence-corrected chi connectivity index (χ4v) is 3.68. The molecular weight excluding hydrogens is 964 g/mol. The SMILES string of the molecule is CC(C)(C)C1=[C-]CC=C1.CC(C)(C)C1=[C-]CC=C1.CC(C)(C)C1=[C-]CC=C1.CC(C)(C)C1=[C-]CC=C1.C[Si](C)=[Hf+2].C[Si](C)=[Hf+2].Cl.Cl. The van der Waals surface area contributed by atoms with E-state index in [9.17, 15) is 0 Å². The van der Waals surface area contributed by atoms with Crippen molar-refractivity contribution in [1.82, 2.24) is 0 Å². The topological polar surface area (TPSA) is 0 Å². The molecule has 0 aromatic carbocycles. The van der Waals surface area contributed by atoms with Crippen LogP contribution in [0.3, 0.4) is 0 Å². The standard InChI is InChI=1S/4C9H13.2C2H6Si.2ClH.2Hf/c4*1-9(2,3)8-6-4-5-7-8;2*1-3-2;;;;/h4*4,6H,5H2,1-3H3;2*1-2H3;2*1H;;/q4*-1;;;;;2*+2. The second kappa shape index (κ2) is 26.5. The van der Waals surface area contributed by atoms with E-state index in [1.165, 1.54) is 68.3 Å². The summed E-state index contributed by atoms with van der Waals surface area (Å²) in [4.78, 5) is 0. The van der Waals surface area contributed by atoms with E-state index < -0.39 is 0 Å². The zero-order valence-electron chi connectivity index (χ0n) is 32.3. The van der Waals surface area contributed by atoms with Crippen LogP contribution in [0.25, 0.3) is 0 Å². The quantitative estimate of drug-likeness (QED) is 0.168. The van der Waals surface area contributed by atoms with Crippen LogP contribution in [0.1, 0.15) is 109 Å². The number of hydrogen-bond acceptors (Lipinski definition) is 0. The molecule has 0 saturated carbocycles. The van der Waals surface area contributed by atoms with Gasteiger partial charge in [-0.2, -0.15) is 24.3 Å². The summed E-state index contributed by atoms with van der Waals surface area (Å²) in [6.07, 6.45) is 34.5. The Hall–Kier alpha value is 0.674. The number of rotatable bonds is 0. The van der Waals surface area contributed by atoms with Crippen LogP contribution in [-0.2, 0) is 46.0 Å². The van der Waals surface area contributed by atoms with Crippen LogP contribution in [-0.4, -0.2) is 11.0 Å². The molecule has 256 valence electrons. The van der Waals surface area contributed by atoms with Gasteiger partial charge < -0.3 is 0 Å². The van der Waals surface area contributed by atoms with Crippen LogP contribution < -0.4 is 0 Å². The maximum Gasteiger partial charge on any atom is -0.147 e. The summed E-state index contributed by atoms with van der Waals surface area (Å²) in [6, 6.07) is 0. The third-order valence-electron chi connectivity index (χ3n) is 6.01. The van der Waals surface area contributed by atoms with Crippen molar-refractivity contribution in [3.8, 4) is 0 Å². The van der Waals surface area contributed by atoms with Crippen LogP contribution in [0.15, 0.2) is 70.9 Å². The zero-order valence-corrected chi connectivity index (χ0v) is 43.1. The summed E-state index contributed by atoms with van der Waals surface area (Å²) in [5, 5.41) is 0. The second-order valence-electron chi connectivity index (χ2n) is 15.8. The van der Waals surface area contributed by atoms with Gasteiger partial charge in [-0.05, 0) is 21.7 Å². The van der Waals surface area contributed by atoms with Gasteiger partial charge in [0.25, 0.3) is 0 Å². The smallest absolute Gasteiger partial charge is 0.147 e. The molecular formula is C40H66Cl2Hf2Si2. The largest absolute Gasteiger partial charge is 0.147 e. The van der Waals surface area contributed by atoms with E-state index in [1.54, 1.807) is 0 Å². The summed E-state index contributed by atoms with van der Waals surface area (Å²) in [5.41, 5.74) is 7.11. The van der Waals surface area contributed by atoms with Crippen molar-refractivity contribution in [3.63, 3.8) is 0 Å². The predicted molar refractivity (Wildman–Crippen MR) is 209 cm³/mol. The Bertz CT molecular complexity index is 970. The van der Waals surface area contributed by atoms with Gasteiger partial charge in [0.05, 0.1) is 0 Å². The van der Waals surface area contributed by atoms with E-state index in [0.717, 1.165) is 25.7 Å². The van der Waals surface area contributed by atoms with Gasteiger partial charge in [-0.25, -0.2) is 46.6 Å². The van der Waals surface area contributed by atoms with Gasteiger partial charge in [0, 0.05) is 0 Å². The molecule has 4 aliphatic carbocycles. The van der Waals surface area contributed by atoms with Gasteiger partial charge in [-0.1, -0.05) is 83.1 Å².